The van der Waals surface area contributed by atoms with Gasteiger partial charge in [0.2, 0.25) is 11.8 Å². The fourth-order valence-electron chi connectivity index (χ4n) is 3.18. The van der Waals surface area contributed by atoms with Crippen LogP contribution in [0.15, 0.2) is 12.3 Å². The summed E-state index contributed by atoms with van der Waals surface area (Å²) >= 11 is 0. The number of urea groups is 1. The van der Waals surface area contributed by atoms with E-state index in [0.717, 1.165) is 24.2 Å². The third-order valence-electron chi connectivity index (χ3n) is 4.35. The quantitative estimate of drug-likeness (QED) is 0.822. The minimum atomic E-state index is -1.05. The first kappa shape index (κ1) is 13.8. The number of nitrogens with one attached hydrogen (secondary N) is 1. The summed E-state index contributed by atoms with van der Waals surface area (Å²) in [4.78, 5) is 38.0. The van der Waals surface area contributed by atoms with Crippen molar-refractivity contribution >= 4 is 17.8 Å². The molecule has 0 unspecified atom stereocenters. The van der Waals surface area contributed by atoms with Gasteiger partial charge in [0.05, 0.1) is 12.2 Å². The molecule has 21 heavy (non-hydrogen) atoms. The number of rotatable bonds is 2. The number of aromatic nitrogens is 2. The zero-order valence-electron chi connectivity index (χ0n) is 12.0. The van der Waals surface area contributed by atoms with E-state index in [1.54, 1.807) is 24.0 Å². The highest BCUT2D eigenvalue weighted by atomic mass is 16.2. The van der Waals surface area contributed by atoms with Crippen LogP contribution in [0.5, 0.6) is 0 Å². The number of imide groups is 2. The average Bonchev–Trinajstić information content (AvgIpc) is 2.88. The molecule has 0 radical (unpaired) electrons. The summed E-state index contributed by atoms with van der Waals surface area (Å²) in [5.74, 6) is -0.809. The van der Waals surface area contributed by atoms with E-state index in [-0.39, 0.29) is 12.5 Å². The molecule has 112 valence electrons. The maximum Gasteiger partial charge on any atom is 0.331 e. The van der Waals surface area contributed by atoms with Crippen LogP contribution in [0.3, 0.4) is 0 Å². The van der Waals surface area contributed by atoms with Gasteiger partial charge in [-0.15, -0.1) is 0 Å². The lowest BCUT2D eigenvalue weighted by molar-refractivity contribution is -0.154. The van der Waals surface area contributed by atoms with Crippen molar-refractivity contribution in [2.45, 2.75) is 38.6 Å². The van der Waals surface area contributed by atoms with Gasteiger partial charge in [0.1, 0.15) is 5.41 Å². The Morgan fingerprint density at radius 1 is 1.24 bits per heavy atom. The lowest BCUT2D eigenvalue weighted by Gasteiger charge is -2.41. The zero-order valence-corrected chi connectivity index (χ0v) is 12.0. The van der Waals surface area contributed by atoms with Gasteiger partial charge in [-0.3, -0.25) is 24.5 Å². The standard InChI is InChI=1S/C14H18N4O3/c1-17-8-5-10(16-17)9-18-12(20)14(6-3-2-4-7-14)11(19)15-13(18)21/h5,8H,2-4,6-7,9H2,1H3,(H,15,19,21). The zero-order chi connectivity index (χ0) is 15.0. The summed E-state index contributed by atoms with van der Waals surface area (Å²) in [7, 11) is 1.77. The van der Waals surface area contributed by atoms with E-state index >= 15 is 0 Å². The molecule has 1 aliphatic heterocycles. The lowest BCUT2D eigenvalue weighted by atomic mass is 9.71. The van der Waals surface area contributed by atoms with Gasteiger partial charge in [-0.1, -0.05) is 19.3 Å². The third-order valence-corrected chi connectivity index (χ3v) is 4.35. The predicted molar refractivity (Wildman–Crippen MR) is 72.8 cm³/mol. The van der Waals surface area contributed by atoms with Gasteiger partial charge in [-0.05, 0) is 18.9 Å². The van der Waals surface area contributed by atoms with Crippen molar-refractivity contribution in [3.63, 3.8) is 0 Å². The van der Waals surface area contributed by atoms with Crippen LogP contribution in [-0.4, -0.2) is 32.5 Å². The first-order valence-electron chi connectivity index (χ1n) is 7.19. The second kappa shape index (κ2) is 4.98. The second-order valence-corrected chi connectivity index (χ2v) is 5.77. The Labute approximate surface area is 122 Å². The molecule has 1 N–H and O–H groups in total. The van der Waals surface area contributed by atoms with Gasteiger partial charge in [-0.2, -0.15) is 5.10 Å². The number of barbiturate groups is 1. The van der Waals surface area contributed by atoms with E-state index in [0.29, 0.717) is 18.5 Å². The number of hydrogen-bond donors (Lipinski definition) is 1. The van der Waals surface area contributed by atoms with Crippen LogP contribution in [0.25, 0.3) is 0 Å². The van der Waals surface area contributed by atoms with Crippen molar-refractivity contribution in [3.05, 3.63) is 18.0 Å². The van der Waals surface area contributed by atoms with Gasteiger partial charge >= 0.3 is 6.03 Å². The molecule has 1 aliphatic carbocycles. The van der Waals surface area contributed by atoms with Crippen molar-refractivity contribution < 1.29 is 14.4 Å². The van der Waals surface area contributed by atoms with Crippen molar-refractivity contribution in [3.8, 4) is 0 Å². The second-order valence-electron chi connectivity index (χ2n) is 5.77. The summed E-state index contributed by atoms with van der Waals surface area (Å²) in [5, 5.41) is 6.52. The first-order valence-corrected chi connectivity index (χ1v) is 7.19. The van der Waals surface area contributed by atoms with Crippen molar-refractivity contribution in [1.82, 2.24) is 20.0 Å². The van der Waals surface area contributed by atoms with Gasteiger partial charge in [0, 0.05) is 13.2 Å². The molecule has 0 atom stereocenters. The summed E-state index contributed by atoms with van der Waals surface area (Å²) in [5.41, 5.74) is -0.428. The summed E-state index contributed by atoms with van der Waals surface area (Å²) in [6.07, 6.45) is 5.49. The van der Waals surface area contributed by atoms with Crippen LogP contribution in [0.2, 0.25) is 0 Å². The molecule has 1 saturated carbocycles. The van der Waals surface area contributed by atoms with Crippen LogP contribution in [0.1, 0.15) is 37.8 Å². The molecule has 2 heterocycles. The Balaban J connectivity index is 1.87. The van der Waals surface area contributed by atoms with E-state index in [1.807, 2.05) is 0 Å². The smallest absolute Gasteiger partial charge is 0.277 e. The molecule has 4 amide bonds. The number of nitrogens with zero attached hydrogens (tertiary/aromatic N) is 3. The lowest BCUT2D eigenvalue weighted by Crippen LogP contribution is -2.64. The molecule has 1 aromatic heterocycles. The number of carbonyl (C=O) groups excluding carboxylic acids is 3. The molecule has 0 aromatic carbocycles. The topological polar surface area (TPSA) is 84.3 Å². The van der Waals surface area contributed by atoms with E-state index in [4.69, 9.17) is 0 Å². The highest BCUT2D eigenvalue weighted by molar-refractivity contribution is 6.19. The third kappa shape index (κ3) is 2.22. The SMILES string of the molecule is Cn1ccc(CN2C(=O)NC(=O)C3(CCCCC3)C2=O)n1. The number of carbonyl (C=O) groups is 3. The molecule has 7 nitrogen and oxygen atoms in total. The predicted octanol–water partition coefficient (Wildman–Crippen LogP) is 0.949. The summed E-state index contributed by atoms with van der Waals surface area (Å²) < 4.78 is 1.61. The molecule has 1 saturated heterocycles. The van der Waals surface area contributed by atoms with Crippen LogP contribution < -0.4 is 5.32 Å². The van der Waals surface area contributed by atoms with E-state index in [2.05, 4.69) is 10.4 Å². The average molecular weight is 290 g/mol. The van der Waals surface area contributed by atoms with Crippen LogP contribution >= 0.6 is 0 Å². The maximum absolute atomic E-state index is 12.7. The molecular formula is C14H18N4O3. The fraction of sp³-hybridized carbons (Fsp3) is 0.571. The Kier molecular flexibility index (Phi) is 3.27. The van der Waals surface area contributed by atoms with Gasteiger partial charge < -0.3 is 0 Å². The van der Waals surface area contributed by atoms with Gasteiger partial charge in [-0.25, -0.2) is 4.79 Å². The molecule has 2 fully saturated rings. The van der Waals surface area contributed by atoms with E-state index in [1.165, 1.54) is 0 Å². The first-order chi connectivity index (χ1) is 10.0. The normalized spacial score (nSPS) is 21.8. The number of hydrogen-bond acceptors (Lipinski definition) is 4. The molecular weight excluding hydrogens is 272 g/mol. The Hall–Kier alpha value is -2.18. The largest absolute Gasteiger partial charge is 0.331 e. The Morgan fingerprint density at radius 2 is 1.95 bits per heavy atom. The van der Waals surface area contributed by atoms with Gasteiger partial charge in [0.15, 0.2) is 0 Å². The van der Waals surface area contributed by atoms with E-state index < -0.39 is 17.4 Å². The summed E-state index contributed by atoms with van der Waals surface area (Å²) in [6, 6.07) is 1.11. The molecule has 7 heteroatoms. The maximum atomic E-state index is 12.7. The Morgan fingerprint density at radius 3 is 2.57 bits per heavy atom. The minimum absolute atomic E-state index is 0.0978. The molecule has 1 spiro atoms. The van der Waals surface area contributed by atoms with Crippen molar-refractivity contribution in [1.29, 1.82) is 0 Å². The summed E-state index contributed by atoms with van der Waals surface area (Å²) in [6.45, 7) is 0.0978. The number of amides is 4. The molecule has 0 bridgehead atoms. The van der Waals surface area contributed by atoms with Gasteiger partial charge in [0.25, 0.3) is 0 Å². The fourth-order valence-corrected chi connectivity index (χ4v) is 3.18. The number of aryl methyl sites for hydroxylation is 1. The minimum Gasteiger partial charge on any atom is -0.277 e. The highest BCUT2D eigenvalue weighted by Crippen LogP contribution is 2.40. The monoisotopic (exact) mass is 290 g/mol. The van der Waals surface area contributed by atoms with Crippen LogP contribution in [-0.2, 0) is 23.2 Å². The van der Waals surface area contributed by atoms with Crippen LogP contribution in [0, 0.1) is 5.41 Å². The highest BCUT2D eigenvalue weighted by Gasteiger charge is 2.53. The van der Waals surface area contributed by atoms with E-state index in [9.17, 15) is 14.4 Å². The molecule has 1 aromatic rings. The molecule has 2 aliphatic rings. The van der Waals surface area contributed by atoms with Crippen LogP contribution in [0.4, 0.5) is 4.79 Å². The Bertz CT molecular complexity index is 601. The molecule has 3 rings (SSSR count). The van der Waals surface area contributed by atoms with Crippen molar-refractivity contribution in [2.75, 3.05) is 0 Å². The van der Waals surface area contributed by atoms with Crippen molar-refractivity contribution in [2.24, 2.45) is 12.5 Å².